The molecule has 0 aliphatic rings. The smallest absolute Gasteiger partial charge is 0.151 e. The first-order valence-electron chi connectivity index (χ1n) is 7.20. The lowest BCUT2D eigenvalue weighted by molar-refractivity contribution is 0.632. The fourth-order valence-electron chi connectivity index (χ4n) is 2.93. The van der Waals surface area contributed by atoms with Gasteiger partial charge in [-0.3, -0.25) is 4.68 Å². The Labute approximate surface area is 124 Å². The molecule has 1 aromatic heterocycles. The summed E-state index contributed by atoms with van der Waals surface area (Å²) in [5.74, 6) is 0.232. The highest BCUT2D eigenvalue weighted by Gasteiger charge is 2.12. The molecule has 0 radical (unpaired) electrons. The van der Waals surface area contributed by atoms with Crippen LogP contribution in [0.15, 0.2) is 36.5 Å². The number of benzene rings is 2. The maximum absolute atomic E-state index is 13.9. The van der Waals surface area contributed by atoms with Crippen molar-refractivity contribution >= 4 is 10.9 Å². The van der Waals surface area contributed by atoms with E-state index in [0.29, 0.717) is 11.4 Å². The van der Waals surface area contributed by atoms with Gasteiger partial charge in [-0.05, 0) is 41.2 Å². The molecule has 0 spiro atoms. The molecule has 0 atom stereocenters. The molecule has 0 amide bonds. The van der Waals surface area contributed by atoms with Gasteiger partial charge >= 0.3 is 0 Å². The number of aromatic nitrogens is 2. The maximum Gasteiger partial charge on any atom is 0.151 e. The van der Waals surface area contributed by atoms with Gasteiger partial charge < -0.3 is 0 Å². The monoisotopic (exact) mass is 282 g/mol. The number of aryl methyl sites for hydroxylation is 2. The fourth-order valence-corrected chi connectivity index (χ4v) is 2.93. The molecule has 3 aromatic rings. The molecule has 1 heterocycles. The van der Waals surface area contributed by atoms with E-state index in [4.69, 9.17) is 0 Å². The molecule has 2 nitrogen and oxygen atoms in total. The van der Waals surface area contributed by atoms with E-state index in [1.807, 2.05) is 19.3 Å². The van der Waals surface area contributed by atoms with Gasteiger partial charge in [-0.1, -0.05) is 38.1 Å². The SMILES string of the molecule is Cc1cc(-c2ccc(F)c3nn(C)cc23)ccc1C(C)C. The second kappa shape index (κ2) is 4.99. The molecule has 21 heavy (non-hydrogen) atoms. The number of nitrogens with zero attached hydrogens (tertiary/aromatic N) is 2. The standard InChI is InChI=1S/C18H19FN2/c1-11(2)14-6-5-13(9-12(14)3)15-7-8-17(19)18-16(15)10-21(4)20-18/h5-11H,1-4H3. The summed E-state index contributed by atoms with van der Waals surface area (Å²) < 4.78 is 15.5. The van der Waals surface area contributed by atoms with Crippen molar-refractivity contribution in [3.05, 3.63) is 53.5 Å². The van der Waals surface area contributed by atoms with E-state index in [0.717, 1.165) is 16.5 Å². The van der Waals surface area contributed by atoms with Gasteiger partial charge in [-0.15, -0.1) is 0 Å². The Morgan fingerprint density at radius 1 is 1.14 bits per heavy atom. The molecule has 0 N–H and O–H groups in total. The molecule has 0 bridgehead atoms. The number of rotatable bonds is 2. The zero-order valence-corrected chi connectivity index (χ0v) is 12.8. The molecule has 2 aromatic carbocycles. The van der Waals surface area contributed by atoms with Crippen LogP contribution in [0, 0.1) is 12.7 Å². The van der Waals surface area contributed by atoms with Crippen molar-refractivity contribution < 1.29 is 4.39 Å². The van der Waals surface area contributed by atoms with Crippen LogP contribution in [0.5, 0.6) is 0 Å². The third-order valence-electron chi connectivity index (χ3n) is 3.94. The molecule has 0 fully saturated rings. The molecule has 0 saturated carbocycles. The highest BCUT2D eigenvalue weighted by Crippen LogP contribution is 2.32. The molecule has 0 saturated heterocycles. The first-order chi connectivity index (χ1) is 9.97. The van der Waals surface area contributed by atoms with E-state index in [1.165, 1.54) is 17.2 Å². The summed E-state index contributed by atoms with van der Waals surface area (Å²) in [6.45, 7) is 6.52. The lowest BCUT2D eigenvalue weighted by Gasteiger charge is -2.12. The summed E-state index contributed by atoms with van der Waals surface area (Å²) in [6, 6.07) is 9.79. The summed E-state index contributed by atoms with van der Waals surface area (Å²) in [7, 11) is 1.82. The number of fused-ring (bicyclic) bond motifs is 1. The van der Waals surface area contributed by atoms with Gasteiger partial charge in [-0.25, -0.2) is 4.39 Å². The lowest BCUT2D eigenvalue weighted by Crippen LogP contribution is -1.92. The second-order valence-electron chi connectivity index (χ2n) is 5.89. The average Bonchev–Trinajstić information content (AvgIpc) is 2.81. The Hall–Kier alpha value is -2.16. The van der Waals surface area contributed by atoms with Crippen molar-refractivity contribution in [1.82, 2.24) is 9.78 Å². The van der Waals surface area contributed by atoms with Gasteiger partial charge in [0.1, 0.15) is 5.52 Å². The van der Waals surface area contributed by atoms with Crippen LogP contribution in [0.1, 0.15) is 30.9 Å². The average molecular weight is 282 g/mol. The minimum Gasteiger partial charge on any atom is -0.274 e. The molecule has 0 aliphatic heterocycles. The van der Waals surface area contributed by atoms with Crippen LogP contribution in [0.2, 0.25) is 0 Å². The fraction of sp³-hybridized carbons (Fsp3) is 0.278. The maximum atomic E-state index is 13.9. The first kappa shape index (κ1) is 13.8. The number of hydrogen-bond donors (Lipinski definition) is 0. The number of hydrogen-bond acceptors (Lipinski definition) is 1. The predicted molar refractivity (Wildman–Crippen MR) is 84.9 cm³/mol. The van der Waals surface area contributed by atoms with Gasteiger partial charge in [0.15, 0.2) is 5.82 Å². The Morgan fingerprint density at radius 3 is 2.57 bits per heavy atom. The van der Waals surface area contributed by atoms with E-state index in [-0.39, 0.29) is 5.82 Å². The largest absolute Gasteiger partial charge is 0.274 e. The Bertz CT molecular complexity index is 815. The zero-order valence-electron chi connectivity index (χ0n) is 12.8. The van der Waals surface area contributed by atoms with E-state index >= 15 is 0 Å². The van der Waals surface area contributed by atoms with E-state index < -0.39 is 0 Å². The Balaban J connectivity index is 2.21. The van der Waals surface area contributed by atoms with Crippen LogP contribution in [0.25, 0.3) is 22.0 Å². The van der Waals surface area contributed by atoms with Crippen molar-refractivity contribution in [2.75, 3.05) is 0 Å². The van der Waals surface area contributed by atoms with Crippen LogP contribution in [0.3, 0.4) is 0 Å². The minimum atomic E-state index is -0.273. The molecular formula is C18H19FN2. The van der Waals surface area contributed by atoms with Crippen molar-refractivity contribution in [3.8, 4) is 11.1 Å². The predicted octanol–water partition coefficient (Wildman–Crippen LogP) is 4.81. The van der Waals surface area contributed by atoms with E-state index in [2.05, 4.69) is 44.1 Å². The Morgan fingerprint density at radius 2 is 1.90 bits per heavy atom. The molecule has 0 aliphatic carbocycles. The quantitative estimate of drug-likeness (QED) is 0.659. The van der Waals surface area contributed by atoms with Crippen LogP contribution in [-0.2, 0) is 7.05 Å². The van der Waals surface area contributed by atoms with Crippen LogP contribution < -0.4 is 0 Å². The summed E-state index contributed by atoms with van der Waals surface area (Å²) >= 11 is 0. The third kappa shape index (κ3) is 2.33. The topological polar surface area (TPSA) is 17.8 Å². The van der Waals surface area contributed by atoms with E-state index in [1.54, 1.807) is 4.68 Å². The van der Waals surface area contributed by atoms with Gasteiger partial charge in [0.05, 0.1) is 0 Å². The number of halogens is 1. The summed E-state index contributed by atoms with van der Waals surface area (Å²) in [6.07, 6.45) is 1.87. The highest BCUT2D eigenvalue weighted by atomic mass is 19.1. The van der Waals surface area contributed by atoms with Gasteiger partial charge in [0.2, 0.25) is 0 Å². The molecule has 0 unspecified atom stereocenters. The van der Waals surface area contributed by atoms with Gasteiger partial charge in [0, 0.05) is 18.6 Å². The first-order valence-corrected chi connectivity index (χ1v) is 7.20. The van der Waals surface area contributed by atoms with Gasteiger partial charge in [-0.2, -0.15) is 5.10 Å². The normalized spacial score (nSPS) is 11.5. The lowest BCUT2D eigenvalue weighted by atomic mass is 9.93. The molecule has 108 valence electrons. The van der Waals surface area contributed by atoms with Crippen LogP contribution in [0.4, 0.5) is 4.39 Å². The van der Waals surface area contributed by atoms with Crippen molar-refractivity contribution in [2.24, 2.45) is 7.05 Å². The molecular weight excluding hydrogens is 263 g/mol. The van der Waals surface area contributed by atoms with E-state index in [9.17, 15) is 4.39 Å². The minimum absolute atomic E-state index is 0.273. The third-order valence-corrected chi connectivity index (χ3v) is 3.94. The molecule has 3 rings (SSSR count). The Kier molecular flexibility index (Phi) is 3.28. The van der Waals surface area contributed by atoms with Crippen molar-refractivity contribution in [2.45, 2.75) is 26.7 Å². The van der Waals surface area contributed by atoms with Gasteiger partial charge in [0.25, 0.3) is 0 Å². The summed E-state index contributed by atoms with van der Waals surface area (Å²) in [5, 5.41) is 5.06. The van der Waals surface area contributed by atoms with Crippen molar-refractivity contribution in [1.29, 1.82) is 0 Å². The highest BCUT2D eigenvalue weighted by molar-refractivity contribution is 5.94. The summed E-state index contributed by atoms with van der Waals surface area (Å²) in [5.41, 5.74) is 5.18. The van der Waals surface area contributed by atoms with Crippen LogP contribution >= 0.6 is 0 Å². The zero-order chi connectivity index (χ0) is 15.1. The van der Waals surface area contributed by atoms with Crippen LogP contribution in [-0.4, -0.2) is 9.78 Å². The summed E-state index contributed by atoms with van der Waals surface area (Å²) in [4.78, 5) is 0. The van der Waals surface area contributed by atoms with Crippen molar-refractivity contribution in [3.63, 3.8) is 0 Å². The molecule has 3 heteroatoms. The second-order valence-corrected chi connectivity index (χ2v) is 5.89.